The second-order valence-corrected chi connectivity index (χ2v) is 7.02. The van der Waals surface area contributed by atoms with Crippen molar-refractivity contribution in [3.63, 3.8) is 0 Å². The first-order valence-corrected chi connectivity index (χ1v) is 8.43. The highest BCUT2D eigenvalue weighted by molar-refractivity contribution is 8.93. The second-order valence-electron chi connectivity index (χ2n) is 7.02. The Kier molecular flexibility index (Phi) is 5.89. The number of benzene rings is 2. The highest BCUT2D eigenvalue weighted by Gasteiger charge is 2.42. The molecule has 1 fully saturated rings. The van der Waals surface area contributed by atoms with Crippen molar-refractivity contribution in [3.05, 3.63) is 69.3 Å². The van der Waals surface area contributed by atoms with Crippen molar-refractivity contribution in [2.24, 2.45) is 5.73 Å². The number of carboxylic acid groups (broad SMARTS) is 1. The van der Waals surface area contributed by atoms with Crippen LogP contribution in [0.15, 0.2) is 41.3 Å². The van der Waals surface area contributed by atoms with Crippen LogP contribution in [0, 0.1) is 12.7 Å². The summed E-state index contributed by atoms with van der Waals surface area (Å²) in [6.45, 7) is 1.75. The molecule has 4 rings (SSSR count). The van der Waals surface area contributed by atoms with Gasteiger partial charge in [-0.05, 0) is 55.7 Å². The molecule has 1 saturated carbocycles. The fraction of sp³-hybridized carbons (Fsp3) is 0.200. The summed E-state index contributed by atoms with van der Waals surface area (Å²) in [6, 6.07) is 7.19. The number of pyridine rings is 1. The normalized spacial score (nSPS) is 14.0. The van der Waals surface area contributed by atoms with E-state index in [0.29, 0.717) is 35.2 Å². The van der Waals surface area contributed by atoms with Crippen LogP contribution >= 0.6 is 17.0 Å². The molecule has 1 aliphatic rings. The largest absolute Gasteiger partial charge is 0.508 e. The third-order valence-corrected chi connectivity index (χ3v) is 5.09. The fourth-order valence-corrected chi connectivity index (χ4v) is 3.39. The minimum Gasteiger partial charge on any atom is -0.508 e. The average molecular weight is 467 g/mol. The average Bonchev–Trinajstić information content (AvgIpc) is 3.34. The molecule has 154 valence electrons. The number of aromatic carboxylic acids is 1. The van der Waals surface area contributed by atoms with Gasteiger partial charge in [0.2, 0.25) is 5.43 Å². The number of nitrogens with two attached hydrogens (primary N) is 1. The number of carbonyl (C=O) groups is 1. The monoisotopic (exact) mass is 466 g/mol. The number of halogens is 2. The number of phenolic OH excluding ortho intramolecular Hbond substituents is 1. The predicted molar refractivity (Wildman–Crippen MR) is 112 cm³/mol. The summed E-state index contributed by atoms with van der Waals surface area (Å²) in [7, 11) is 0. The molecule has 0 unspecified atom stereocenters. The number of aryl methyl sites for hydroxylation is 1. The van der Waals surface area contributed by atoms with Gasteiger partial charge in [-0.2, -0.15) is 0 Å². The van der Waals surface area contributed by atoms with Crippen LogP contribution in [0.2, 0.25) is 0 Å². The van der Waals surface area contributed by atoms with Gasteiger partial charge in [-0.25, -0.2) is 9.18 Å². The number of phenols is 1. The van der Waals surface area contributed by atoms with Gasteiger partial charge < -0.3 is 26.0 Å². The zero-order chi connectivity index (χ0) is 19.5. The van der Waals surface area contributed by atoms with Crippen LogP contribution in [-0.2, 0) is 5.54 Å². The Balaban J connectivity index is 0.00000150. The van der Waals surface area contributed by atoms with Crippen LogP contribution in [0.1, 0.15) is 34.3 Å². The van der Waals surface area contributed by atoms with Crippen molar-refractivity contribution in [3.8, 4) is 11.4 Å². The summed E-state index contributed by atoms with van der Waals surface area (Å²) >= 11 is 0. The third-order valence-electron chi connectivity index (χ3n) is 5.09. The first kappa shape index (κ1) is 22.5. The standard InChI is InChI=1S/C20H17FN2O4.BrH.H2O/c1-10-6-11(24)2-3-16(10)23-9-13(19(26)27)18(25)12-7-15(21)14(8-17(12)23)20(22)4-5-20;;/h2-3,6-9,24H,4-5,22H2,1H3,(H,26,27);1H;1H2. The lowest BCUT2D eigenvalue weighted by Gasteiger charge is -2.18. The molecule has 1 aliphatic carbocycles. The number of nitrogens with zero attached hydrogens (tertiary/aromatic N) is 1. The number of hydrogen-bond donors (Lipinski definition) is 3. The van der Waals surface area contributed by atoms with Crippen LogP contribution in [0.3, 0.4) is 0 Å². The molecule has 0 atom stereocenters. The van der Waals surface area contributed by atoms with Crippen LogP contribution in [-0.4, -0.2) is 26.2 Å². The van der Waals surface area contributed by atoms with Crippen molar-refractivity contribution >= 4 is 33.9 Å². The van der Waals surface area contributed by atoms with Crippen molar-refractivity contribution < 1.29 is 24.9 Å². The minimum atomic E-state index is -1.39. The fourth-order valence-electron chi connectivity index (χ4n) is 3.39. The topological polar surface area (TPSA) is 137 Å². The van der Waals surface area contributed by atoms with E-state index in [-0.39, 0.29) is 33.6 Å². The van der Waals surface area contributed by atoms with E-state index >= 15 is 0 Å². The smallest absolute Gasteiger partial charge is 0.341 e. The molecule has 0 bridgehead atoms. The summed E-state index contributed by atoms with van der Waals surface area (Å²) in [5.41, 5.74) is 6.10. The Bertz CT molecular complexity index is 1190. The van der Waals surface area contributed by atoms with Crippen molar-refractivity contribution in [1.29, 1.82) is 0 Å². The molecule has 0 aliphatic heterocycles. The minimum absolute atomic E-state index is 0. The van der Waals surface area contributed by atoms with E-state index in [1.165, 1.54) is 29.0 Å². The molecule has 0 radical (unpaired) electrons. The van der Waals surface area contributed by atoms with E-state index in [9.17, 15) is 24.2 Å². The van der Waals surface area contributed by atoms with E-state index in [2.05, 4.69) is 0 Å². The van der Waals surface area contributed by atoms with Gasteiger partial charge in [0.1, 0.15) is 17.1 Å². The third kappa shape index (κ3) is 3.64. The van der Waals surface area contributed by atoms with Crippen LogP contribution in [0.5, 0.6) is 5.75 Å². The number of aromatic hydroxyl groups is 1. The number of carboxylic acids is 1. The summed E-state index contributed by atoms with van der Waals surface area (Å²) < 4.78 is 16.2. The summed E-state index contributed by atoms with van der Waals surface area (Å²) in [5, 5.41) is 19.0. The molecule has 0 saturated heterocycles. The number of rotatable bonds is 3. The quantitative estimate of drug-likeness (QED) is 0.544. The van der Waals surface area contributed by atoms with E-state index in [1.54, 1.807) is 13.0 Å². The lowest BCUT2D eigenvalue weighted by atomic mass is 10.0. The summed E-state index contributed by atoms with van der Waals surface area (Å²) in [6.07, 6.45) is 2.51. The van der Waals surface area contributed by atoms with E-state index < -0.39 is 28.3 Å². The van der Waals surface area contributed by atoms with E-state index in [1.807, 2.05) is 0 Å². The number of fused-ring (bicyclic) bond motifs is 1. The SMILES string of the molecule is Br.Cc1cc(O)ccc1-n1cc(C(=O)O)c(=O)c2cc(F)c(C3(N)CC3)cc21.O. The Labute approximate surface area is 175 Å². The molecule has 1 heterocycles. The first-order chi connectivity index (χ1) is 12.7. The zero-order valence-electron chi connectivity index (χ0n) is 15.4. The van der Waals surface area contributed by atoms with Gasteiger partial charge in [-0.15, -0.1) is 17.0 Å². The Morgan fingerprint density at radius 3 is 2.45 bits per heavy atom. The van der Waals surface area contributed by atoms with Gasteiger partial charge in [0.05, 0.1) is 5.52 Å². The van der Waals surface area contributed by atoms with E-state index in [4.69, 9.17) is 5.73 Å². The molecule has 7 nitrogen and oxygen atoms in total. The number of aromatic nitrogens is 1. The van der Waals surface area contributed by atoms with Gasteiger partial charge in [0.15, 0.2) is 0 Å². The number of hydrogen-bond acceptors (Lipinski definition) is 4. The van der Waals surface area contributed by atoms with Crippen LogP contribution in [0.25, 0.3) is 16.6 Å². The van der Waals surface area contributed by atoms with Crippen molar-refractivity contribution in [2.75, 3.05) is 0 Å². The van der Waals surface area contributed by atoms with E-state index in [0.717, 1.165) is 6.07 Å². The first-order valence-electron chi connectivity index (χ1n) is 8.43. The van der Waals surface area contributed by atoms with Gasteiger partial charge in [0, 0.05) is 28.4 Å². The van der Waals surface area contributed by atoms with Crippen LogP contribution in [0.4, 0.5) is 4.39 Å². The second kappa shape index (κ2) is 7.58. The molecule has 6 N–H and O–H groups in total. The van der Waals surface area contributed by atoms with Gasteiger partial charge in [-0.3, -0.25) is 4.79 Å². The Hall–Kier alpha value is -2.75. The maximum Gasteiger partial charge on any atom is 0.341 e. The molecule has 3 aromatic rings. The highest BCUT2D eigenvalue weighted by atomic mass is 79.9. The molecule has 2 aromatic carbocycles. The van der Waals surface area contributed by atoms with Crippen LogP contribution < -0.4 is 11.2 Å². The Morgan fingerprint density at radius 1 is 1.24 bits per heavy atom. The maximum atomic E-state index is 14.6. The van der Waals surface area contributed by atoms with Gasteiger partial charge in [-0.1, -0.05) is 0 Å². The molecule has 9 heteroatoms. The highest BCUT2D eigenvalue weighted by Crippen LogP contribution is 2.44. The predicted octanol–water partition coefficient (Wildman–Crippen LogP) is 2.54. The molecule has 0 amide bonds. The zero-order valence-corrected chi connectivity index (χ0v) is 17.1. The Morgan fingerprint density at radius 2 is 1.90 bits per heavy atom. The maximum absolute atomic E-state index is 14.6. The summed E-state index contributed by atoms with van der Waals surface area (Å²) in [5.74, 6) is -1.95. The van der Waals surface area contributed by atoms with Crippen molar-refractivity contribution in [2.45, 2.75) is 25.3 Å². The van der Waals surface area contributed by atoms with Crippen molar-refractivity contribution in [1.82, 2.24) is 4.57 Å². The lowest BCUT2D eigenvalue weighted by Crippen LogP contribution is -2.23. The summed E-state index contributed by atoms with van der Waals surface area (Å²) in [4.78, 5) is 24.1. The molecular weight excluding hydrogens is 447 g/mol. The van der Waals surface area contributed by atoms with Gasteiger partial charge in [0.25, 0.3) is 0 Å². The van der Waals surface area contributed by atoms with Gasteiger partial charge >= 0.3 is 5.97 Å². The molecule has 29 heavy (non-hydrogen) atoms. The lowest BCUT2D eigenvalue weighted by molar-refractivity contribution is 0.0695. The molecular formula is C20H20BrFN2O5. The molecule has 1 aromatic heterocycles. The molecule has 0 spiro atoms.